The minimum absolute atomic E-state index is 0.0532. The molecule has 0 aromatic heterocycles. The summed E-state index contributed by atoms with van der Waals surface area (Å²) in [7, 11) is 0. The Morgan fingerprint density at radius 2 is 2.05 bits per heavy atom. The van der Waals surface area contributed by atoms with Crippen molar-refractivity contribution in [3.63, 3.8) is 0 Å². The van der Waals surface area contributed by atoms with Crippen LogP contribution in [0.25, 0.3) is 0 Å². The minimum atomic E-state index is -0.556. The van der Waals surface area contributed by atoms with E-state index < -0.39 is 12.1 Å². The first-order chi connectivity index (χ1) is 10.5. The molecule has 1 aliphatic rings. The van der Waals surface area contributed by atoms with E-state index >= 15 is 0 Å². The monoisotopic (exact) mass is 303 g/mol. The highest BCUT2D eigenvalue weighted by atomic mass is 16.2. The highest BCUT2D eigenvalue weighted by Gasteiger charge is 2.31. The molecule has 1 saturated heterocycles. The normalized spacial score (nSPS) is 20.1. The second-order valence-corrected chi connectivity index (χ2v) is 6.26. The lowest BCUT2D eigenvalue weighted by Gasteiger charge is -2.33. The van der Waals surface area contributed by atoms with Gasteiger partial charge in [0.25, 0.3) is 0 Å². The molecular formula is C17H25N3O2. The van der Waals surface area contributed by atoms with Crippen LogP contribution in [0.5, 0.6) is 0 Å². The molecule has 22 heavy (non-hydrogen) atoms. The molecule has 2 amide bonds. The van der Waals surface area contributed by atoms with Gasteiger partial charge in [-0.25, -0.2) is 0 Å². The van der Waals surface area contributed by atoms with Crippen LogP contribution in [0.2, 0.25) is 0 Å². The SMILES string of the molecule is CC(C)C[C@H](N)C(=O)NC1CCCN(c2ccccc2)C1=O. The lowest BCUT2D eigenvalue weighted by Crippen LogP contribution is -2.55. The van der Waals surface area contributed by atoms with Crippen LogP contribution in [0.15, 0.2) is 30.3 Å². The van der Waals surface area contributed by atoms with E-state index in [0.29, 0.717) is 25.3 Å². The lowest BCUT2D eigenvalue weighted by molar-refractivity contribution is -0.129. The molecule has 120 valence electrons. The van der Waals surface area contributed by atoms with Crippen LogP contribution >= 0.6 is 0 Å². The first-order valence-corrected chi connectivity index (χ1v) is 7.91. The third-order valence-electron chi connectivity index (χ3n) is 3.89. The Morgan fingerprint density at radius 1 is 1.36 bits per heavy atom. The number of benzene rings is 1. The van der Waals surface area contributed by atoms with Gasteiger partial charge in [-0.1, -0.05) is 32.0 Å². The number of para-hydroxylation sites is 1. The van der Waals surface area contributed by atoms with E-state index in [1.54, 1.807) is 4.90 Å². The second kappa shape index (κ2) is 7.40. The molecule has 1 aromatic carbocycles. The standard InChI is InChI=1S/C17H25N3O2/c1-12(2)11-14(18)16(21)19-15-9-6-10-20(17(15)22)13-7-4-3-5-8-13/h3-5,7-8,12,14-15H,6,9-11,18H2,1-2H3,(H,19,21)/t14-,15?/m0/s1. The summed E-state index contributed by atoms with van der Waals surface area (Å²) < 4.78 is 0. The summed E-state index contributed by atoms with van der Waals surface area (Å²) in [5, 5.41) is 2.82. The van der Waals surface area contributed by atoms with Crippen molar-refractivity contribution in [3.05, 3.63) is 30.3 Å². The van der Waals surface area contributed by atoms with Crippen LogP contribution in [-0.2, 0) is 9.59 Å². The second-order valence-electron chi connectivity index (χ2n) is 6.26. The summed E-state index contributed by atoms with van der Waals surface area (Å²) in [6.45, 7) is 4.74. The molecule has 1 heterocycles. The maximum absolute atomic E-state index is 12.6. The van der Waals surface area contributed by atoms with E-state index in [1.165, 1.54) is 0 Å². The van der Waals surface area contributed by atoms with E-state index in [2.05, 4.69) is 5.32 Å². The van der Waals surface area contributed by atoms with Gasteiger partial charge in [-0.05, 0) is 37.3 Å². The Hall–Kier alpha value is -1.88. The quantitative estimate of drug-likeness (QED) is 0.869. The Kier molecular flexibility index (Phi) is 5.55. The molecule has 0 saturated carbocycles. The predicted molar refractivity (Wildman–Crippen MR) is 87.4 cm³/mol. The van der Waals surface area contributed by atoms with Gasteiger partial charge in [0.2, 0.25) is 11.8 Å². The van der Waals surface area contributed by atoms with E-state index in [4.69, 9.17) is 5.73 Å². The van der Waals surface area contributed by atoms with Gasteiger partial charge < -0.3 is 16.0 Å². The number of nitrogens with one attached hydrogen (secondary N) is 1. The molecule has 1 aliphatic heterocycles. The van der Waals surface area contributed by atoms with E-state index in [1.807, 2.05) is 44.2 Å². The molecule has 0 bridgehead atoms. The van der Waals surface area contributed by atoms with Crippen molar-refractivity contribution < 1.29 is 9.59 Å². The van der Waals surface area contributed by atoms with Gasteiger partial charge in [0, 0.05) is 12.2 Å². The molecule has 0 radical (unpaired) electrons. The maximum Gasteiger partial charge on any atom is 0.249 e. The molecule has 1 fully saturated rings. The zero-order chi connectivity index (χ0) is 16.1. The highest BCUT2D eigenvalue weighted by molar-refractivity contribution is 6.00. The van der Waals surface area contributed by atoms with E-state index in [-0.39, 0.29) is 11.8 Å². The van der Waals surface area contributed by atoms with Crippen LogP contribution in [0.1, 0.15) is 33.1 Å². The zero-order valence-electron chi connectivity index (χ0n) is 13.3. The number of carbonyl (C=O) groups is 2. The van der Waals surface area contributed by atoms with Gasteiger partial charge in [-0.15, -0.1) is 0 Å². The minimum Gasteiger partial charge on any atom is -0.343 e. The van der Waals surface area contributed by atoms with Gasteiger partial charge in [-0.3, -0.25) is 9.59 Å². The number of anilines is 1. The third kappa shape index (κ3) is 4.07. The van der Waals surface area contributed by atoms with Crippen molar-refractivity contribution in [2.24, 2.45) is 11.7 Å². The number of rotatable bonds is 5. The number of carbonyl (C=O) groups excluding carboxylic acids is 2. The predicted octanol–water partition coefficient (Wildman–Crippen LogP) is 1.67. The van der Waals surface area contributed by atoms with Crippen LogP contribution < -0.4 is 16.0 Å². The number of amides is 2. The number of hydrogen-bond donors (Lipinski definition) is 2. The smallest absolute Gasteiger partial charge is 0.249 e. The van der Waals surface area contributed by atoms with Crippen molar-refractivity contribution in [3.8, 4) is 0 Å². The topological polar surface area (TPSA) is 75.4 Å². The molecule has 0 spiro atoms. The van der Waals surface area contributed by atoms with Gasteiger partial charge in [0.15, 0.2) is 0 Å². The van der Waals surface area contributed by atoms with E-state index in [9.17, 15) is 9.59 Å². The Balaban J connectivity index is 2.00. The van der Waals surface area contributed by atoms with Crippen molar-refractivity contribution in [1.82, 2.24) is 5.32 Å². The molecule has 1 unspecified atom stereocenters. The zero-order valence-corrected chi connectivity index (χ0v) is 13.3. The first-order valence-electron chi connectivity index (χ1n) is 7.91. The summed E-state index contributed by atoms with van der Waals surface area (Å²) in [4.78, 5) is 26.4. The van der Waals surface area contributed by atoms with Crippen molar-refractivity contribution in [2.75, 3.05) is 11.4 Å². The van der Waals surface area contributed by atoms with Crippen LogP contribution in [0.4, 0.5) is 5.69 Å². The molecule has 1 aromatic rings. The number of piperidine rings is 1. The summed E-state index contributed by atoms with van der Waals surface area (Å²) in [5.74, 6) is 0.0631. The van der Waals surface area contributed by atoms with Crippen LogP contribution in [0, 0.1) is 5.92 Å². The fraction of sp³-hybridized carbons (Fsp3) is 0.529. The number of nitrogens with zero attached hydrogens (tertiary/aromatic N) is 1. The van der Waals surface area contributed by atoms with Gasteiger partial charge >= 0.3 is 0 Å². The molecule has 0 aliphatic carbocycles. The number of nitrogens with two attached hydrogens (primary N) is 1. The van der Waals surface area contributed by atoms with Crippen LogP contribution in [-0.4, -0.2) is 30.4 Å². The van der Waals surface area contributed by atoms with Crippen LogP contribution in [0.3, 0.4) is 0 Å². The average Bonchev–Trinajstić information content (AvgIpc) is 2.49. The number of hydrogen-bond acceptors (Lipinski definition) is 3. The van der Waals surface area contributed by atoms with Crippen molar-refractivity contribution in [1.29, 1.82) is 0 Å². The maximum atomic E-state index is 12.6. The molecule has 5 heteroatoms. The molecule has 2 atom stereocenters. The molecule has 3 N–H and O–H groups in total. The largest absolute Gasteiger partial charge is 0.343 e. The van der Waals surface area contributed by atoms with Crippen molar-refractivity contribution in [2.45, 2.75) is 45.2 Å². The third-order valence-corrected chi connectivity index (χ3v) is 3.89. The Bertz CT molecular complexity index is 516. The summed E-state index contributed by atoms with van der Waals surface area (Å²) in [6.07, 6.45) is 2.16. The fourth-order valence-corrected chi connectivity index (χ4v) is 2.77. The Morgan fingerprint density at radius 3 is 2.68 bits per heavy atom. The molecular weight excluding hydrogens is 278 g/mol. The first kappa shape index (κ1) is 16.5. The fourth-order valence-electron chi connectivity index (χ4n) is 2.77. The van der Waals surface area contributed by atoms with Gasteiger partial charge in [-0.2, -0.15) is 0 Å². The summed E-state index contributed by atoms with van der Waals surface area (Å²) in [5.41, 5.74) is 6.76. The van der Waals surface area contributed by atoms with Gasteiger partial charge in [0.05, 0.1) is 6.04 Å². The molecule has 5 nitrogen and oxygen atoms in total. The lowest BCUT2D eigenvalue weighted by atomic mass is 10.0. The van der Waals surface area contributed by atoms with Gasteiger partial charge in [0.1, 0.15) is 6.04 Å². The summed E-state index contributed by atoms with van der Waals surface area (Å²) in [6, 6.07) is 8.52. The Labute approximate surface area is 131 Å². The summed E-state index contributed by atoms with van der Waals surface area (Å²) >= 11 is 0. The highest BCUT2D eigenvalue weighted by Crippen LogP contribution is 2.20. The average molecular weight is 303 g/mol. The molecule has 2 rings (SSSR count). The van der Waals surface area contributed by atoms with Crippen molar-refractivity contribution >= 4 is 17.5 Å². The van der Waals surface area contributed by atoms with E-state index in [0.717, 1.165) is 12.1 Å².